The zero-order chi connectivity index (χ0) is 12.9. The van der Waals surface area contributed by atoms with E-state index >= 15 is 0 Å². The van der Waals surface area contributed by atoms with Gasteiger partial charge in [-0.3, -0.25) is 10.1 Å². The number of nitrogens with zero attached hydrogens (tertiary/aromatic N) is 1. The summed E-state index contributed by atoms with van der Waals surface area (Å²) < 4.78 is 0. The number of hydrogen-bond donors (Lipinski definition) is 2. The number of hydrogen-bond acceptors (Lipinski definition) is 3. The number of aliphatic hydroxyl groups is 1. The summed E-state index contributed by atoms with van der Waals surface area (Å²) in [6.07, 6.45) is 4.32. The van der Waals surface area contributed by atoms with Gasteiger partial charge in [0.15, 0.2) is 0 Å². The van der Waals surface area contributed by atoms with Gasteiger partial charge in [0.1, 0.15) is 5.54 Å². The van der Waals surface area contributed by atoms with Crippen molar-refractivity contribution in [2.24, 2.45) is 0 Å². The van der Waals surface area contributed by atoms with Crippen LogP contribution in [0.25, 0.3) is 0 Å². The van der Waals surface area contributed by atoms with Gasteiger partial charge in [-0.1, -0.05) is 33.1 Å². The van der Waals surface area contributed by atoms with E-state index in [2.05, 4.69) is 12.2 Å². The van der Waals surface area contributed by atoms with Crippen LogP contribution in [0, 0.1) is 0 Å². The molecule has 1 heterocycles. The minimum atomic E-state index is -0.741. The molecular weight excluding hydrogens is 220 g/mol. The summed E-state index contributed by atoms with van der Waals surface area (Å²) in [5.41, 5.74) is -0.741. The van der Waals surface area contributed by atoms with Crippen LogP contribution in [0.3, 0.4) is 0 Å². The first kappa shape index (κ1) is 14.0. The largest absolute Gasteiger partial charge is 0.395 e. The van der Waals surface area contributed by atoms with E-state index in [1.807, 2.05) is 6.92 Å². The van der Waals surface area contributed by atoms with Crippen LogP contribution in [0.4, 0.5) is 4.79 Å². The molecule has 5 nitrogen and oxygen atoms in total. The quantitative estimate of drug-likeness (QED) is 0.521. The Kier molecular flexibility index (Phi) is 4.93. The Hall–Kier alpha value is -1.10. The highest BCUT2D eigenvalue weighted by Gasteiger charge is 2.50. The molecule has 1 rings (SSSR count). The van der Waals surface area contributed by atoms with Crippen molar-refractivity contribution in [2.75, 3.05) is 13.2 Å². The summed E-state index contributed by atoms with van der Waals surface area (Å²) in [5.74, 6) is -0.213. The Labute approximate surface area is 102 Å². The van der Waals surface area contributed by atoms with E-state index in [0.29, 0.717) is 12.8 Å². The Morgan fingerprint density at radius 3 is 2.53 bits per heavy atom. The molecule has 0 aromatic rings. The number of carbonyl (C=O) groups is 2. The molecule has 1 unspecified atom stereocenters. The van der Waals surface area contributed by atoms with Crippen LogP contribution < -0.4 is 5.32 Å². The zero-order valence-electron chi connectivity index (χ0n) is 10.7. The first-order valence-corrected chi connectivity index (χ1v) is 6.36. The van der Waals surface area contributed by atoms with E-state index in [9.17, 15) is 9.59 Å². The molecule has 98 valence electrons. The van der Waals surface area contributed by atoms with E-state index in [-0.39, 0.29) is 25.1 Å². The van der Waals surface area contributed by atoms with Gasteiger partial charge in [0.05, 0.1) is 6.61 Å². The molecular formula is C12H22N2O3. The number of amides is 3. The van der Waals surface area contributed by atoms with Crippen LogP contribution in [0.2, 0.25) is 0 Å². The lowest BCUT2D eigenvalue weighted by molar-refractivity contribution is -0.127. The summed E-state index contributed by atoms with van der Waals surface area (Å²) >= 11 is 0. The molecule has 17 heavy (non-hydrogen) atoms. The molecule has 0 aromatic carbocycles. The highest BCUT2D eigenvalue weighted by Crippen LogP contribution is 2.31. The molecule has 0 aliphatic carbocycles. The first-order valence-electron chi connectivity index (χ1n) is 6.36. The number of aliphatic hydroxyl groups excluding tert-OH is 1. The summed E-state index contributed by atoms with van der Waals surface area (Å²) in [7, 11) is 0. The molecule has 2 N–H and O–H groups in total. The second-order valence-electron chi connectivity index (χ2n) is 4.48. The van der Waals surface area contributed by atoms with Crippen molar-refractivity contribution in [3.05, 3.63) is 0 Å². The maximum Gasteiger partial charge on any atom is 0.325 e. The summed E-state index contributed by atoms with van der Waals surface area (Å²) in [6, 6.07) is -0.373. The predicted molar refractivity (Wildman–Crippen MR) is 64.5 cm³/mol. The fourth-order valence-electron chi connectivity index (χ4n) is 2.46. The van der Waals surface area contributed by atoms with Crippen LogP contribution in [-0.4, -0.2) is 40.6 Å². The highest BCUT2D eigenvalue weighted by atomic mass is 16.3. The van der Waals surface area contributed by atoms with E-state index in [1.165, 1.54) is 4.90 Å². The predicted octanol–water partition coefficient (Wildman–Crippen LogP) is 1.26. The zero-order valence-corrected chi connectivity index (χ0v) is 10.7. The van der Waals surface area contributed by atoms with Crippen LogP contribution in [0.1, 0.15) is 46.0 Å². The minimum Gasteiger partial charge on any atom is -0.395 e. The van der Waals surface area contributed by atoms with Gasteiger partial charge in [0, 0.05) is 6.54 Å². The van der Waals surface area contributed by atoms with Gasteiger partial charge in [-0.15, -0.1) is 0 Å². The van der Waals surface area contributed by atoms with E-state index < -0.39 is 5.54 Å². The lowest BCUT2D eigenvalue weighted by Crippen LogP contribution is -2.50. The number of imide groups is 1. The minimum absolute atomic E-state index is 0.115. The van der Waals surface area contributed by atoms with Crippen LogP contribution in [-0.2, 0) is 4.79 Å². The molecule has 1 aliphatic rings. The van der Waals surface area contributed by atoms with Crippen molar-refractivity contribution in [2.45, 2.75) is 51.5 Å². The van der Waals surface area contributed by atoms with Crippen molar-refractivity contribution in [3.8, 4) is 0 Å². The average molecular weight is 242 g/mol. The molecule has 3 amide bonds. The van der Waals surface area contributed by atoms with Gasteiger partial charge in [-0.05, 0) is 12.8 Å². The van der Waals surface area contributed by atoms with E-state index in [4.69, 9.17) is 5.11 Å². The Balaban J connectivity index is 2.83. The fourth-order valence-corrected chi connectivity index (χ4v) is 2.46. The summed E-state index contributed by atoms with van der Waals surface area (Å²) in [5, 5.41) is 11.4. The molecule has 0 saturated carbocycles. The number of urea groups is 1. The highest BCUT2D eigenvalue weighted by molar-refractivity contribution is 6.06. The number of β-amino-alcohol motifs (C(OH)–C–C–N with tert-alkyl or cyclic N) is 1. The smallest absolute Gasteiger partial charge is 0.325 e. The lowest BCUT2D eigenvalue weighted by atomic mass is 9.88. The van der Waals surface area contributed by atoms with Crippen LogP contribution >= 0.6 is 0 Å². The second kappa shape index (κ2) is 6.00. The number of rotatable bonds is 7. The number of unbranched alkanes of at least 4 members (excludes halogenated alkanes) is 2. The maximum absolute atomic E-state index is 12.0. The monoisotopic (exact) mass is 242 g/mol. The Morgan fingerprint density at radius 1 is 1.29 bits per heavy atom. The standard InChI is InChI=1S/C12H22N2O3/c1-3-5-6-7-12(4-2)10(16)13-11(17)14(12)8-9-15/h15H,3-9H2,1-2H3,(H,13,16,17). The van der Waals surface area contributed by atoms with E-state index in [0.717, 1.165) is 19.3 Å². The number of carbonyl (C=O) groups excluding carboxylic acids is 2. The van der Waals surface area contributed by atoms with Gasteiger partial charge in [-0.25, -0.2) is 4.79 Å². The number of nitrogens with one attached hydrogen (secondary N) is 1. The molecule has 0 spiro atoms. The molecule has 1 atom stereocenters. The summed E-state index contributed by atoms with van der Waals surface area (Å²) in [4.78, 5) is 25.1. The molecule has 0 bridgehead atoms. The van der Waals surface area contributed by atoms with Crippen molar-refractivity contribution in [1.29, 1.82) is 0 Å². The van der Waals surface area contributed by atoms with Gasteiger partial charge >= 0.3 is 6.03 Å². The van der Waals surface area contributed by atoms with Crippen LogP contribution in [0.15, 0.2) is 0 Å². The third-order valence-corrected chi connectivity index (χ3v) is 3.51. The molecule has 0 radical (unpaired) electrons. The van der Waals surface area contributed by atoms with Crippen molar-refractivity contribution >= 4 is 11.9 Å². The molecule has 5 heteroatoms. The summed E-state index contributed by atoms with van der Waals surface area (Å²) in [6.45, 7) is 4.12. The van der Waals surface area contributed by atoms with Crippen LogP contribution in [0.5, 0.6) is 0 Å². The van der Waals surface area contributed by atoms with E-state index in [1.54, 1.807) is 0 Å². The van der Waals surface area contributed by atoms with Gasteiger partial charge < -0.3 is 10.0 Å². The van der Waals surface area contributed by atoms with Gasteiger partial charge in [0.25, 0.3) is 5.91 Å². The molecule has 1 aliphatic heterocycles. The van der Waals surface area contributed by atoms with Crippen molar-refractivity contribution < 1.29 is 14.7 Å². The Morgan fingerprint density at radius 2 is 2.00 bits per heavy atom. The van der Waals surface area contributed by atoms with Gasteiger partial charge in [0.2, 0.25) is 0 Å². The maximum atomic E-state index is 12.0. The van der Waals surface area contributed by atoms with Gasteiger partial charge in [-0.2, -0.15) is 0 Å². The third kappa shape index (κ3) is 2.60. The second-order valence-corrected chi connectivity index (χ2v) is 4.48. The Bertz CT molecular complexity index is 293. The molecule has 0 aromatic heterocycles. The SMILES string of the molecule is CCCCCC1(CC)C(=O)NC(=O)N1CCO. The molecule has 1 saturated heterocycles. The third-order valence-electron chi connectivity index (χ3n) is 3.51. The lowest BCUT2D eigenvalue weighted by Gasteiger charge is -2.34. The first-order chi connectivity index (χ1) is 8.12. The topological polar surface area (TPSA) is 69.6 Å². The fraction of sp³-hybridized carbons (Fsp3) is 0.833. The molecule has 1 fully saturated rings. The normalized spacial score (nSPS) is 24.3. The van der Waals surface area contributed by atoms with Crippen molar-refractivity contribution in [3.63, 3.8) is 0 Å². The average Bonchev–Trinajstić information content (AvgIpc) is 2.54. The van der Waals surface area contributed by atoms with Crippen molar-refractivity contribution in [1.82, 2.24) is 10.2 Å².